The third-order valence-corrected chi connectivity index (χ3v) is 5.19. The number of likely N-dealkylation sites (N-methyl/N-ethyl adjacent to an activating group) is 2. The van der Waals surface area contributed by atoms with Crippen LogP contribution in [0.1, 0.15) is 16.7 Å². The largest absolute Gasteiger partial charge is 0.332 e. The summed E-state index contributed by atoms with van der Waals surface area (Å²) >= 11 is 0. The van der Waals surface area contributed by atoms with Crippen molar-refractivity contribution in [3.05, 3.63) is 70.8 Å². The first-order valence-electron chi connectivity index (χ1n) is 8.79. The molecule has 3 rings (SSSR count). The molecular formula is C21H19F2N3O2. The van der Waals surface area contributed by atoms with Crippen LogP contribution in [-0.4, -0.2) is 47.8 Å². The Kier molecular flexibility index (Phi) is 5.41. The number of rotatable bonds is 4. The van der Waals surface area contributed by atoms with Gasteiger partial charge < -0.3 is 9.80 Å². The SMILES string of the molecule is CN1C(=O)C(Cc2c(C#N)ccc(F)c2F)N(C)C(=O)C1Cc1ccccc1. The summed E-state index contributed by atoms with van der Waals surface area (Å²) in [6.45, 7) is 0. The maximum absolute atomic E-state index is 14.3. The van der Waals surface area contributed by atoms with E-state index in [-0.39, 0.29) is 29.4 Å². The van der Waals surface area contributed by atoms with Crippen LogP contribution >= 0.6 is 0 Å². The molecule has 2 unspecified atom stereocenters. The smallest absolute Gasteiger partial charge is 0.246 e. The molecule has 0 bridgehead atoms. The first-order valence-corrected chi connectivity index (χ1v) is 8.79. The second-order valence-corrected chi connectivity index (χ2v) is 6.82. The number of nitrogens with zero attached hydrogens (tertiary/aromatic N) is 3. The fourth-order valence-corrected chi connectivity index (χ4v) is 3.48. The Labute approximate surface area is 161 Å². The quantitative estimate of drug-likeness (QED) is 0.814. The summed E-state index contributed by atoms with van der Waals surface area (Å²) in [5, 5.41) is 9.19. The first kappa shape index (κ1) is 19.5. The van der Waals surface area contributed by atoms with E-state index in [9.17, 15) is 23.6 Å². The summed E-state index contributed by atoms with van der Waals surface area (Å²) < 4.78 is 27.9. The molecule has 5 nitrogen and oxygen atoms in total. The van der Waals surface area contributed by atoms with Gasteiger partial charge in [0.2, 0.25) is 11.8 Å². The van der Waals surface area contributed by atoms with Crippen molar-refractivity contribution < 1.29 is 18.4 Å². The monoisotopic (exact) mass is 383 g/mol. The lowest BCUT2D eigenvalue weighted by Crippen LogP contribution is -2.63. The summed E-state index contributed by atoms with van der Waals surface area (Å²) in [7, 11) is 3.00. The lowest BCUT2D eigenvalue weighted by Gasteiger charge is -2.42. The molecule has 1 saturated heterocycles. The van der Waals surface area contributed by atoms with E-state index in [1.54, 1.807) is 0 Å². The van der Waals surface area contributed by atoms with Gasteiger partial charge in [0, 0.05) is 32.5 Å². The van der Waals surface area contributed by atoms with Gasteiger partial charge in [0.15, 0.2) is 11.6 Å². The minimum absolute atomic E-state index is 0.0541. The van der Waals surface area contributed by atoms with Gasteiger partial charge in [-0.1, -0.05) is 30.3 Å². The normalized spacial score (nSPS) is 19.7. The van der Waals surface area contributed by atoms with Gasteiger partial charge in [0.25, 0.3) is 0 Å². The van der Waals surface area contributed by atoms with Gasteiger partial charge in [-0.3, -0.25) is 9.59 Å². The van der Waals surface area contributed by atoms with Gasteiger partial charge in [-0.15, -0.1) is 0 Å². The molecular weight excluding hydrogens is 364 g/mol. The molecule has 0 spiro atoms. The standard InChI is InChI=1S/C21H19F2N3O2/c1-25-17(10-13-6-4-3-5-7-13)20(27)26(2)18(21(25)28)11-15-14(12-24)8-9-16(22)19(15)23/h3-9,17-18H,10-11H2,1-2H3. The molecule has 1 fully saturated rings. The Morgan fingerprint density at radius 1 is 0.929 bits per heavy atom. The van der Waals surface area contributed by atoms with E-state index in [2.05, 4.69) is 0 Å². The molecule has 2 aromatic rings. The number of halogens is 2. The van der Waals surface area contributed by atoms with Crippen molar-refractivity contribution in [1.29, 1.82) is 5.26 Å². The van der Waals surface area contributed by atoms with Gasteiger partial charge in [-0.2, -0.15) is 5.26 Å². The molecule has 2 atom stereocenters. The minimum atomic E-state index is -1.17. The second kappa shape index (κ2) is 7.77. The van der Waals surface area contributed by atoms with E-state index in [0.717, 1.165) is 11.6 Å². The Morgan fingerprint density at radius 2 is 1.50 bits per heavy atom. The molecule has 144 valence electrons. The average Bonchev–Trinajstić information content (AvgIpc) is 2.71. The van der Waals surface area contributed by atoms with Crippen LogP contribution in [0.15, 0.2) is 42.5 Å². The zero-order valence-electron chi connectivity index (χ0n) is 15.5. The van der Waals surface area contributed by atoms with Gasteiger partial charge >= 0.3 is 0 Å². The second-order valence-electron chi connectivity index (χ2n) is 6.82. The number of nitriles is 1. The number of carbonyl (C=O) groups excluding carboxylic acids is 2. The van der Waals surface area contributed by atoms with Crippen LogP contribution < -0.4 is 0 Å². The summed E-state index contributed by atoms with van der Waals surface area (Å²) in [5.41, 5.74) is 0.660. The van der Waals surface area contributed by atoms with E-state index in [1.807, 2.05) is 36.4 Å². The summed E-state index contributed by atoms with van der Waals surface area (Å²) in [6.07, 6.45) is 0.0900. The van der Waals surface area contributed by atoms with Gasteiger partial charge in [-0.05, 0) is 17.7 Å². The number of benzene rings is 2. The van der Waals surface area contributed by atoms with Crippen molar-refractivity contribution in [2.75, 3.05) is 14.1 Å². The van der Waals surface area contributed by atoms with E-state index in [4.69, 9.17) is 0 Å². The average molecular weight is 383 g/mol. The summed E-state index contributed by atoms with van der Waals surface area (Å²) in [6, 6.07) is 11.5. The minimum Gasteiger partial charge on any atom is -0.332 e. The fourth-order valence-electron chi connectivity index (χ4n) is 3.48. The highest BCUT2D eigenvalue weighted by Gasteiger charge is 2.43. The van der Waals surface area contributed by atoms with Crippen LogP contribution in [-0.2, 0) is 22.4 Å². The molecule has 0 saturated carbocycles. The van der Waals surface area contributed by atoms with Crippen LogP contribution in [0.4, 0.5) is 8.78 Å². The van der Waals surface area contributed by atoms with Crippen LogP contribution in [0.2, 0.25) is 0 Å². The number of hydrogen-bond donors (Lipinski definition) is 0. The first-order chi connectivity index (χ1) is 13.3. The Morgan fingerprint density at radius 3 is 2.07 bits per heavy atom. The van der Waals surface area contributed by atoms with Crippen molar-refractivity contribution >= 4 is 11.8 Å². The number of carbonyl (C=O) groups is 2. The molecule has 0 aliphatic carbocycles. The van der Waals surface area contributed by atoms with E-state index in [0.29, 0.717) is 6.42 Å². The van der Waals surface area contributed by atoms with Crippen molar-refractivity contribution in [2.45, 2.75) is 24.9 Å². The Bertz CT molecular complexity index is 956. The zero-order chi connectivity index (χ0) is 20.4. The van der Waals surface area contributed by atoms with Crippen molar-refractivity contribution in [2.24, 2.45) is 0 Å². The van der Waals surface area contributed by atoms with Crippen LogP contribution in [0.3, 0.4) is 0 Å². The highest BCUT2D eigenvalue weighted by Crippen LogP contribution is 2.25. The third kappa shape index (κ3) is 3.46. The predicted octanol–water partition coefficient (Wildman–Crippen LogP) is 2.29. The molecule has 2 aromatic carbocycles. The lowest BCUT2D eigenvalue weighted by atomic mass is 9.93. The molecule has 1 aliphatic rings. The highest BCUT2D eigenvalue weighted by molar-refractivity contribution is 5.97. The van der Waals surface area contributed by atoms with Crippen LogP contribution in [0.25, 0.3) is 0 Å². The molecule has 0 radical (unpaired) electrons. The Balaban J connectivity index is 1.88. The third-order valence-electron chi connectivity index (χ3n) is 5.19. The molecule has 0 N–H and O–H groups in total. The van der Waals surface area contributed by atoms with E-state index in [1.165, 1.54) is 30.0 Å². The van der Waals surface area contributed by atoms with Crippen LogP contribution in [0, 0.1) is 23.0 Å². The van der Waals surface area contributed by atoms with E-state index >= 15 is 0 Å². The maximum atomic E-state index is 14.3. The highest BCUT2D eigenvalue weighted by atomic mass is 19.2. The topological polar surface area (TPSA) is 64.4 Å². The molecule has 1 heterocycles. The van der Waals surface area contributed by atoms with Crippen molar-refractivity contribution in [1.82, 2.24) is 9.80 Å². The molecule has 28 heavy (non-hydrogen) atoms. The van der Waals surface area contributed by atoms with Gasteiger partial charge in [0.05, 0.1) is 11.6 Å². The number of hydrogen-bond acceptors (Lipinski definition) is 3. The number of amides is 2. The van der Waals surface area contributed by atoms with Gasteiger partial charge in [-0.25, -0.2) is 8.78 Å². The zero-order valence-corrected chi connectivity index (χ0v) is 15.5. The Hall–Kier alpha value is -3.27. The lowest BCUT2D eigenvalue weighted by molar-refractivity contribution is -0.158. The summed E-state index contributed by atoms with van der Waals surface area (Å²) in [5.74, 6) is -2.93. The predicted molar refractivity (Wildman–Crippen MR) is 98.0 cm³/mol. The number of piperazine rings is 1. The van der Waals surface area contributed by atoms with Crippen molar-refractivity contribution in [3.63, 3.8) is 0 Å². The van der Waals surface area contributed by atoms with Gasteiger partial charge in [0.1, 0.15) is 12.1 Å². The maximum Gasteiger partial charge on any atom is 0.246 e. The van der Waals surface area contributed by atoms with E-state index < -0.39 is 23.7 Å². The van der Waals surface area contributed by atoms with Crippen LogP contribution in [0.5, 0.6) is 0 Å². The molecule has 1 aliphatic heterocycles. The molecule has 2 amide bonds. The molecule has 0 aromatic heterocycles. The summed E-state index contributed by atoms with van der Waals surface area (Å²) in [4.78, 5) is 28.4. The molecule has 7 heteroatoms. The van der Waals surface area contributed by atoms with Crippen molar-refractivity contribution in [3.8, 4) is 6.07 Å². The fraction of sp³-hybridized carbons (Fsp3) is 0.286.